The number of rotatable bonds is 5. The molecule has 5 rings (SSSR count). The summed E-state index contributed by atoms with van der Waals surface area (Å²) < 4.78 is 26.2. The summed E-state index contributed by atoms with van der Waals surface area (Å²) in [7, 11) is 0. The Balaban J connectivity index is 1.43. The molecule has 0 bridgehead atoms. The Morgan fingerprint density at radius 3 is 2.78 bits per heavy atom. The van der Waals surface area contributed by atoms with Crippen LogP contribution in [0.3, 0.4) is 0 Å². The molecule has 0 radical (unpaired) electrons. The zero-order valence-electron chi connectivity index (χ0n) is 16.7. The lowest BCUT2D eigenvalue weighted by molar-refractivity contribution is 0.0566. The molecule has 4 heterocycles. The molecular weight excluding hydrogens is 416 g/mol. The first-order valence-electron chi connectivity index (χ1n) is 9.99. The lowest BCUT2D eigenvalue weighted by atomic mass is 9.78. The molecule has 0 saturated heterocycles. The Bertz CT molecular complexity index is 1360. The average Bonchev–Trinajstić information content (AvgIpc) is 3.43. The molecule has 4 aromatic heterocycles. The molecule has 0 aromatic carbocycles. The number of nitrogens with one attached hydrogen (secondary N) is 2. The van der Waals surface area contributed by atoms with Gasteiger partial charge in [-0.15, -0.1) is 0 Å². The zero-order chi connectivity index (χ0) is 22.3. The van der Waals surface area contributed by atoms with Gasteiger partial charge in [-0.1, -0.05) is 6.07 Å². The second kappa shape index (κ2) is 7.53. The predicted octanol–water partition coefficient (Wildman–Crippen LogP) is 4.06. The van der Waals surface area contributed by atoms with Gasteiger partial charge in [-0.2, -0.15) is 19.1 Å². The SMILES string of the molecule is N#CC1(NC(=O)c2cccc(-c3cnc4[nH]c(-c5cnn(C(F)F)c5)cc4c3)n2)CCC1. The predicted molar refractivity (Wildman–Crippen MR) is 111 cm³/mol. The largest absolute Gasteiger partial charge is 0.339 e. The highest BCUT2D eigenvalue weighted by molar-refractivity contribution is 5.94. The van der Waals surface area contributed by atoms with Gasteiger partial charge in [0.25, 0.3) is 5.91 Å². The minimum Gasteiger partial charge on any atom is -0.339 e. The maximum atomic E-state index is 12.8. The molecule has 0 unspecified atom stereocenters. The zero-order valence-corrected chi connectivity index (χ0v) is 16.7. The summed E-state index contributed by atoms with van der Waals surface area (Å²) in [6.45, 7) is -2.71. The molecule has 1 aliphatic rings. The van der Waals surface area contributed by atoms with E-state index in [4.69, 9.17) is 0 Å². The van der Waals surface area contributed by atoms with Gasteiger partial charge in [0.1, 0.15) is 16.9 Å². The summed E-state index contributed by atoms with van der Waals surface area (Å²) in [5.74, 6) is -0.387. The van der Waals surface area contributed by atoms with Gasteiger partial charge in [-0.05, 0) is 43.5 Å². The Labute approximate surface area is 180 Å². The Morgan fingerprint density at radius 1 is 1.25 bits per heavy atom. The average molecular weight is 433 g/mol. The quantitative estimate of drug-likeness (QED) is 0.493. The van der Waals surface area contributed by atoms with E-state index in [9.17, 15) is 18.8 Å². The molecule has 1 aliphatic carbocycles. The van der Waals surface area contributed by atoms with E-state index in [1.54, 1.807) is 30.5 Å². The van der Waals surface area contributed by atoms with Crippen LogP contribution in [0.25, 0.3) is 33.5 Å². The number of pyridine rings is 2. The summed E-state index contributed by atoms with van der Waals surface area (Å²) in [5.41, 5.74) is 2.39. The van der Waals surface area contributed by atoms with Crippen LogP contribution in [0.2, 0.25) is 0 Å². The van der Waals surface area contributed by atoms with E-state index in [1.807, 2.05) is 6.07 Å². The van der Waals surface area contributed by atoms with Crippen LogP contribution in [0.5, 0.6) is 0 Å². The van der Waals surface area contributed by atoms with Crippen molar-refractivity contribution in [2.75, 3.05) is 0 Å². The van der Waals surface area contributed by atoms with Crippen LogP contribution in [0, 0.1) is 11.3 Å². The third kappa shape index (κ3) is 3.47. The number of alkyl halides is 2. The van der Waals surface area contributed by atoms with Crippen LogP contribution in [0.15, 0.2) is 48.9 Å². The first-order chi connectivity index (χ1) is 15.5. The minimum atomic E-state index is -2.71. The van der Waals surface area contributed by atoms with Crippen molar-refractivity contribution in [1.29, 1.82) is 5.26 Å². The van der Waals surface area contributed by atoms with Gasteiger partial charge < -0.3 is 10.3 Å². The molecule has 1 saturated carbocycles. The molecule has 8 nitrogen and oxygen atoms in total. The van der Waals surface area contributed by atoms with Gasteiger partial charge >= 0.3 is 6.55 Å². The smallest absolute Gasteiger partial charge is 0.333 e. The van der Waals surface area contributed by atoms with Crippen molar-refractivity contribution in [1.82, 2.24) is 30.0 Å². The number of hydrogen-bond donors (Lipinski definition) is 2. The second-order valence-corrected chi connectivity index (χ2v) is 7.74. The van der Waals surface area contributed by atoms with Gasteiger partial charge in [0.05, 0.1) is 23.7 Å². The van der Waals surface area contributed by atoms with Crippen LogP contribution in [0.1, 0.15) is 36.3 Å². The summed E-state index contributed by atoms with van der Waals surface area (Å²) in [4.78, 5) is 24.6. The maximum absolute atomic E-state index is 12.8. The van der Waals surface area contributed by atoms with Gasteiger partial charge in [0, 0.05) is 28.9 Å². The number of halogens is 2. The monoisotopic (exact) mass is 433 g/mol. The standard InChI is InChI=1S/C22H17F2N7O/c23-21(24)31-11-15(10-27-31)18-8-13-7-14(9-26-19(13)29-18)16-3-1-4-17(28-16)20(32)30-22(12-25)5-2-6-22/h1,3-4,7-11,21H,2,5-6H2,(H,26,29)(H,30,32). The van der Waals surface area contributed by atoms with Crippen LogP contribution >= 0.6 is 0 Å². The number of nitriles is 1. The fraction of sp³-hybridized carbons (Fsp3) is 0.227. The third-order valence-corrected chi connectivity index (χ3v) is 5.63. The molecule has 4 aromatic rings. The highest BCUT2D eigenvalue weighted by atomic mass is 19.3. The molecule has 0 aliphatic heterocycles. The molecule has 2 N–H and O–H groups in total. The van der Waals surface area contributed by atoms with Crippen molar-refractivity contribution < 1.29 is 13.6 Å². The van der Waals surface area contributed by atoms with E-state index in [2.05, 4.69) is 31.4 Å². The minimum absolute atomic E-state index is 0.221. The van der Waals surface area contributed by atoms with E-state index >= 15 is 0 Å². The number of carbonyl (C=O) groups is 1. The number of fused-ring (bicyclic) bond motifs is 1. The van der Waals surface area contributed by atoms with E-state index in [0.717, 1.165) is 11.8 Å². The van der Waals surface area contributed by atoms with Gasteiger partial charge in [-0.25, -0.2) is 14.6 Å². The van der Waals surface area contributed by atoms with E-state index < -0.39 is 12.1 Å². The van der Waals surface area contributed by atoms with Crippen molar-refractivity contribution in [2.24, 2.45) is 0 Å². The fourth-order valence-electron chi connectivity index (χ4n) is 3.69. The number of aromatic nitrogens is 5. The van der Waals surface area contributed by atoms with Crippen LogP contribution in [-0.4, -0.2) is 36.2 Å². The van der Waals surface area contributed by atoms with Crippen molar-refractivity contribution in [3.05, 3.63) is 54.6 Å². The highest BCUT2D eigenvalue weighted by Gasteiger charge is 2.39. The lowest BCUT2D eigenvalue weighted by Gasteiger charge is -2.35. The summed E-state index contributed by atoms with van der Waals surface area (Å²) in [5, 5.41) is 16.5. The van der Waals surface area contributed by atoms with Crippen molar-refractivity contribution >= 4 is 16.9 Å². The van der Waals surface area contributed by atoms with E-state index in [0.29, 0.717) is 45.7 Å². The van der Waals surface area contributed by atoms with Crippen molar-refractivity contribution in [3.8, 4) is 28.6 Å². The fourth-order valence-corrected chi connectivity index (χ4v) is 3.69. The summed E-state index contributed by atoms with van der Waals surface area (Å²) in [6.07, 6.45) is 6.43. The molecular formula is C22H17F2N7O. The maximum Gasteiger partial charge on any atom is 0.333 e. The molecule has 1 fully saturated rings. The van der Waals surface area contributed by atoms with Crippen molar-refractivity contribution in [3.63, 3.8) is 0 Å². The number of hydrogen-bond acceptors (Lipinski definition) is 5. The van der Waals surface area contributed by atoms with Crippen LogP contribution in [-0.2, 0) is 0 Å². The third-order valence-electron chi connectivity index (χ3n) is 5.63. The van der Waals surface area contributed by atoms with E-state index in [1.165, 1.54) is 12.4 Å². The van der Waals surface area contributed by atoms with Gasteiger partial charge in [0.15, 0.2) is 0 Å². The number of H-pyrrole nitrogens is 1. The van der Waals surface area contributed by atoms with Gasteiger partial charge in [0.2, 0.25) is 0 Å². The number of aromatic amines is 1. The van der Waals surface area contributed by atoms with Crippen LogP contribution in [0.4, 0.5) is 8.78 Å². The Morgan fingerprint density at radius 2 is 2.09 bits per heavy atom. The summed E-state index contributed by atoms with van der Waals surface area (Å²) in [6, 6.07) is 10.9. The first kappa shape index (κ1) is 19.8. The van der Waals surface area contributed by atoms with Crippen molar-refractivity contribution in [2.45, 2.75) is 31.4 Å². The summed E-state index contributed by atoms with van der Waals surface area (Å²) >= 11 is 0. The Hall–Kier alpha value is -4.13. The number of amides is 1. The molecule has 1 amide bonds. The molecule has 160 valence electrons. The number of nitrogens with zero attached hydrogens (tertiary/aromatic N) is 5. The van der Waals surface area contributed by atoms with Crippen LogP contribution < -0.4 is 5.32 Å². The molecule has 0 spiro atoms. The topological polar surface area (TPSA) is 112 Å². The molecule has 10 heteroatoms. The normalized spacial score (nSPS) is 14.8. The lowest BCUT2D eigenvalue weighted by Crippen LogP contribution is -2.52. The Kier molecular flexibility index (Phi) is 4.66. The van der Waals surface area contributed by atoms with E-state index in [-0.39, 0.29) is 11.6 Å². The van der Waals surface area contributed by atoms with Gasteiger partial charge in [-0.3, -0.25) is 4.79 Å². The highest BCUT2D eigenvalue weighted by Crippen LogP contribution is 2.31. The first-order valence-corrected chi connectivity index (χ1v) is 9.99. The number of carbonyl (C=O) groups excluding carboxylic acids is 1. The molecule has 32 heavy (non-hydrogen) atoms. The second-order valence-electron chi connectivity index (χ2n) is 7.74. The molecule has 0 atom stereocenters.